The predicted molar refractivity (Wildman–Crippen MR) is 74.7 cm³/mol. The average molecular weight is 275 g/mol. The molecule has 0 aliphatic heterocycles. The molecule has 106 valence electrons. The zero-order chi connectivity index (χ0) is 14.7. The highest BCUT2D eigenvalue weighted by Crippen LogP contribution is 2.22. The summed E-state index contributed by atoms with van der Waals surface area (Å²) in [4.78, 5) is 22.5. The summed E-state index contributed by atoms with van der Waals surface area (Å²) >= 11 is 0. The van der Waals surface area contributed by atoms with Crippen LogP contribution in [0.15, 0.2) is 28.7 Å². The van der Waals surface area contributed by atoms with Crippen molar-refractivity contribution < 1.29 is 19.1 Å². The van der Waals surface area contributed by atoms with E-state index in [0.717, 1.165) is 10.9 Å². The van der Waals surface area contributed by atoms with E-state index in [9.17, 15) is 9.59 Å². The van der Waals surface area contributed by atoms with E-state index in [1.165, 1.54) is 0 Å². The molecule has 2 N–H and O–H groups in total. The molecule has 1 aromatic carbocycles. The largest absolute Gasteiger partial charge is 0.481 e. The first-order valence-electron chi connectivity index (χ1n) is 6.46. The van der Waals surface area contributed by atoms with Gasteiger partial charge in [-0.25, -0.2) is 0 Å². The Morgan fingerprint density at radius 2 is 2.15 bits per heavy atom. The van der Waals surface area contributed by atoms with Crippen molar-refractivity contribution in [1.29, 1.82) is 0 Å². The zero-order valence-electron chi connectivity index (χ0n) is 11.5. The van der Waals surface area contributed by atoms with E-state index in [4.69, 9.17) is 9.52 Å². The molecule has 0 saturated carbocycles. The highest BCUT2D eigenvalue weighted by atomic mass is 16.4. The number of carbonyl (C=O) groups excluding carboxylic acids is 1. The van der Waals surface area contributed by atoms with Crippen LogP contribution in [0.3, 0.4) is 0 Å². The van der Waals surface area contributed by atoms with Crippen LogP contribution in [-0.2, 0) is 4.79 Å². The minimum atomic E-state index is -0.869. The van der Waals surface area contributed by atoms with Crippen LogP contribution in [0.4, 0.5) is 0 Å². The minimum Gasteiger partial charge on any atom is -0.481 e. The van der Waals surface area contributed by atoms with Crippen molar-refractivity contribution in [3.63, 3.8) is 0 Å². The van der Waals surface area contributed by atoms with Crippen molar-refractivity contribution in [2.24, 2.45) is 5.92 Å². The smallest absolute Gasteiger partial charge is 0.303 e. The summed E-state index contributed by atoms with van der Waals surface area (Å²) in [7, 11) is 0. The number of rotatable bonds is 5. The lowest BCUT2D eigenvalue weighted by Crippen LogP contribution is -2.28. The number of benzene rings is 1. The van der Waals surface area contributed by atoms with Gasteiger partial charge >= 0.3 is 5.97 Å². The van der Waals surface area contributed by atoms with Gasteiger partial charge in [0.1, 0.15) is 5.58 Å². The van der Waals surface area contributed by atoms with E-state index in [-0.39, 0.29) is 24.0 Å². The summed E-state index contributed by atoms with van der Waals surface area (Å²) < 4.78 is 5.55. The molecule has 0 fully saturated rings. The fourth-order valence-corrected chi connectivity index (χ4v) is 2.05. The third-order valence-electron chi connectivity index (χ3n) is 3.10. The number of hydrogen-bond acceptors (Lipinski definition) is 3. The van der Waals surface area contributed by atoms with E-state index in [1.54, 1.807) is 13.0 Å². The first kappa shape index (κ1) is 14.1. The molecular weight excluding hydrogens is 258 g/mol. The molecular formula is C15H17NO4. The van der Waals surface area contributed by atoms with Crippen molar-refractivity contribution in [3.05, 3.63) is 35.6 Å². The van der Waals surface area contributed by atoms with Gasteiger partial charge in [0.15, 0.2) is 5.76 Å². The fraction of sp³-hybridized carbons (Fsp3) is 0.333. The maximum Gasteiger partial charge on any atom is 0.303 e. The summed E-state index contributed by atoms with van der Waals surface area (Å²) in [6.45, 7) is 4.00. The number of nitrogens with one attached hydrogen (secondary N) is 1. The Hall–Kier alpha value is -2.30. The second-order valence-electron chi connectivity index (χ2n) is 5.02. The number of furan rings is 1. The number of aliphatic carboxylic acids is 1. The van der Waals surface area contributed by atoms with Crippen molar-refractivity contribution in [2.75, 3.05) is 6.54 Å². The molecule has 1 unspecified atom stereocenters. The molecule has 0 spiro atoms. The number of amides is 1. The fourth-order valence-electron chi connectivity index (χ4n) is 2.05. The quantitative estimate of drug-likeness (QED) is 0.879. The number of carboxylic acids is 1. The van der Waals surface area contributed by atoms with Crippen molar-refractivity contribution >= 4 is 22.8 Å². The number of fused-ring (bicyclic) bond motifs is 1. The monoisotopic (exact) mass is 275 g/mol. The van der Waals surface area contributed by atoms with Crippen LogP contribution in [-0.4, -0.2) is 23.5 Å². The van der Waals surface area contributed by atoms with E-state index in [1.807, 2.05) is 25.1 Å². The Bertz CT molecular complexity index is 644. The lowest BCUT2D eigenvalue weighted by molar-refractivity contribution is -0.137. The van der Waals surface area contributed by atoms with Gasteiger partial charge in [-0.1, -0.05) is 25.1 Å². The van der Waals surface area contributed by atoms with Gasteiger partial charge in [0, 0.05) is 18.4 Å². The summed E-state index contributed by atoms with van der Waals surface area (Å²) in [5.41, 5.74) is 1.68. The van der Waals surface area contributed by atoms with E-state index >= 15 is 0 Å². The SMILES string of the molecule is Cc1cccc2cc(C(=O)NCC(C)CC(=O)O)oc12. The van der Waals surface area contributed by atoms with Gasteiger partial charge < -0.3 is 14.8 Å². The number of carbonyl (C=O) groups is 2. The molecule has 0 aliphatic rings. The molecule has 0 saturated heterocycles. The summed E-state index contributed by atoms with van der Waals surface area (Å²) in [5.74, 6) is -1.07. The molecule has 0 aliphatic carbocycles. The predicted octanol–water partition coefficient (Wildman–Crippen LogP) is 2.58. The van der Waals surface area contributed by atoms with Crippen LogP contribution in [0, 0.1) is 12.8 Å². The van der Waals surface area contributed by atoms with Crippen molar-refractivity contribution in [3.8, 4) is 0 Å². The van der Waals surface area contributed by atoms with Crippen LogP contribution in [0.25, 0.3) is 11.0 Å². The zero-order valence-corrected chi connectivity index (χ0v) is 11.5. The number of para-hydroxylation sites is 1. The van der Waals surface area contributed by atoms with Crippen molar-refractivity contribution in [1.82, 2.24) is 5.32 Å². The molecule has 0 radical (unpaired) electrons. The van der Waals surface area contributed by atoms with Crippen LogP contribution < -0.4 is 5.32 Å². The topological polar surface area (TPSA) is 79.5 Å². The van der Waals surface area contributed by atoms with Gasteiger partial charge in [-0.05, 0) is 24.5 Å². The van der Waals surface area contributed by atoms with Gasteiger partial charge in [0.25, 0.3) is 5.91 Å². The lowest BCUT2D eigenvalue weighted by Gasteiger charge is -2.08. The summed E-state index contributed by atoms with van der Waals surface area (Å²) in [5, 5.41) is 12.2. The molecule has 1 amide bonds. The van der Waals surface area contributed by atoms with Gasteiger partial charge in [-0.15, -0.1) is 0 Å². The normalized spacial score (nSPS) is 12.3. The number of aryl methyl sites for hydroxylation is 1. The maximum atomic E-state index is 12.0. The molecule has 5 heteroatoms. The molecule has 5 nitrogen and oxygen atoms in total. The molecule has 20 heavy (non-hydrogen) atoms. The Morgan fingerprint density at radius 3 is 2.80 bits per heavy atom. The van der Waals surface area contributed by atoms with Crippen LogP contribution in [0.1, 0.15) is 29.5 Å². The number of carboxylic acid groups (broad SMARTS) is 1. The first-order chi connectivity index (χ1) is 9.47. The highest BCUT2D eigenvalue weighted by Gasteiger charge is 2.15. The first-order valence-corrected chi connectivity index (χ1v) is 6.46. The van der Waals surface area contributed by atoms with Crippen molar-refractivity contribution in [2.45, 2.75) is 20.3 Å². The molecule has 0 bridgehead atoms. The van der Waals surface area contributed by atoms with E-state index < -0.39 is 5.97 Å². The lowest BCUT2D eigenvalue weighted by atomic mass is 10.1. The highest BCUT2D eigenvalue weighted by molar-refractivity contribution is 5.96. The van der Waals surface area contributed by atoms with E-state index in [0.29, 0.717) is 12.1 Å². The molecule has 2 rings (SSSR count). The Labute approximate surface area is 116 Å². The Balaban J connectivity index is 2.04. The average Bonchev–Trinajstić information content (AvgIpc) is 2.80. The van der Waals surface area contributed by atoms with E-state index in [2.05, 4.69) is 5.32 Å². The standard InChI is InChI=1S/C15H17NO4/c1-9(6-13(17)18)8-16-15(19)12-7-11-5-3-4-10(2)14(11)20-12/h3-5,7,9H,6,8H2,1-2H3,(H,16,19)(H,17,18). The Kier molecular flexibility index (Phi) is 4.08. The van der Waals surface area contributed by atoms with Gasteiger partial charge in [-0.2, -0.15) is 0 Å². The summed E-state index contributed by atoms with van der Waals surface area (Å²) in [6, 6.07) is 7.40. The molecule has 1 heterocycles. The van der Waals surface area contributed by atoms with Crippen LogP contribution >= 0.6 is 0 Å². The second kappa shape index (κ2) is 5.77. The van der Waals surface area contributed by atoms with Crippen LogP contribution in [0.2, 0.25) is 0 Å². The Morgan fingerprint density at radius 1 is 1.40 bits per heavy atom. The van der Waals surface area contributed by atoms with Gasteiger partial charge in [0.05, 0.1) is 0 Å². The number of hydrogen-bond donors (Lipinski definition) is 2. The minimum absolute atomic E-state index is 0.0273. The molecule has 1 aromatic heterocycles. The third kappa shape index (κ3) is 3.17. The third-order valence-corrected chi connectivity index (χ3v) is 3.10. The maximum absolute atomic E-state index is 12.0. The molecule has 2 aromatic rings. The van der Waals surface area contributed by atoms with Gasteiger partial charge in [-0.3, -0.25) is 9.59 Å². The summed E-state index contributed by atoms with van der Waals surface area (Å²) in [6.07, 6.45) is 0.0273. The second-order valence-corrected chi connectivity index (χ2v) is 5.02. The van der Waals surface area contributed by atoms with Crippen LogP contribution in [0.5, 0.6) is 0 Å². The van der Waals surface area contributed by atoms with Gasteiger partial charge in [0.2, 0.25) is 0 Å². The molecule has 1 atom stereocenters.